The Morgan fingerprint density at radius 3 is 2.35 bits per heavy atom. The first-order valence-electron chi connectivity index (χ1n) is 7.37. The molecule has 0 spiro atoms. The minimum Gasteiger partial charge on any atom is -0.508 e. The van der Waals surface area contributed by atoms with E-state index in [1.807, 2.05) is 19.1 Å². The number of hydrogen-bond acceptors (Lipinski definition) is 5. The first-order chi connectivity index (χ1) is 10.8. The van der Waals surface area contributed by atoms with E-state index in [0.29, 0.717) is 18.8 Å². The molecule has 1 aromatic carbocycles. The van der Waals surface area contributed by atoms with Crippen LogP contribution >= 0.6 is 0 Å². The molecule has 0 radical (unpaired) electrons. The Morgan fingerprint density at radius 2 is 1.87 bits per heavy atom. The number of carbonyl (C=O) groups excluding carboxylic acids is 1. The molecule has 0 heterocycles. The van der Waals surface area contributed by atoms with E-state index < -0.39 is 0 Å². The third-order valence-electron chi connectivity index (χ3n) is 2.77. The Kier molecular flexibility index (Phi) is 11.0. The number of aliphatic imine (C=N–C) groups is 1. The molecule has 1 aromatic rings. The SMILES string of the molecule is Cc1ccc(O)cc1.NC(=O)CNCC(N)CCCN=C(N)N. The molecule has 8 nitrogen and oxygen atoms in total. The minimum atomic E-state index is -0.386. The third-order valence-corrected chi connectivity index (χ3v) is 2.77. The van der Waals surface area contributed by atoms with Gasteiger partial charge in [0.25, 0.3) is 0 Å². The topological polar surface area (TPSA) is 166 Å². The summed E-state index contributed by atoms with van der Waals surface area (Å²) in [5, 5.41) is 11.6. The highest BCUT2D eigenvalue weighted by Gasteiger charge is 2.02. The Bertz CT molecular complexity index is 450. The van der Waals surface area contributed by atoms with E-state index in [1.165, 1.54) is 5.56 Å². The van der Waals surface area contributed by atoms with Crippen molar-refractivity contribution in [3.05, 3.63) is 29.8 Å². The van der Waals surface area contributed by atoms with Crippen LogP contribution in [0.3, 0.4) is 0 Å². The lowest BCUT2D eigenvalue weighted by Gasteiger charge is -2.10. The molecule has 130 valence electrons. The summed E-state index contributed by atoms with van der Waals surface area (Å²) in [7, 11) is 0. The van der Waals surface area contributed by atoms with Gasteiger partial charge in [-0.1, -0.05) is 17.7 Å². The van der Waals surface area contributed by atoms with Crippen molar-refractivity contribution in [2.45, 2.75) is 25.8 Å². The van der Waals surface area contributed by atoms with Gasteiger partial charge in [-0.3, -0.25) is 9.79 Å². The normalized spacial score (nSPS) is 11.0. The minimum absolute atomic E-state index is 0.0152. The Morgan fingerprint density at radius 1 is 1.26 bits per heavy atom. The van der Waals surface area contributed by atoms with E-state index in [0.717, 1.165) is 12.8 Å². The van der Waals surface area contributed by atoms with Gasteiger partial charge in [-0.05, 0) is 31.9 Å². The summed E-state index contributed by atoms with van der Waals surface area (Å²) in [5.41, 5.74) is 22.2. The van der Waals surface area contributed by atoms with Crippen molar-refractivity contribution in [1.29, 1.82) is 0 Å². The van der Waals surface area contributed by atoms with Crippen LogP contribution in [0, 0.1) is 6.92 Å². The van der Waals surface area contributed by atoms with Gasteiger partial charge in [-0.15, -0.1) is 0 Å². The number of benzene rings is 1. The molecule has 0 bridgehead atoms. The van der Waals surface area contributed by atoms with Gasteiger partial charge in [0, 0.05) is 19.1 Å². The number of aryl methyl sites for hydroxylation is 1. The van der Waals surface area contributed by atoms with E-state index in [4.69, 9.17) is 28.0 Å². The zero-order chi connectivity index (χ0) is 17.7. The molecular weight excluding hydrogens is 296 g/mol. The van der Waals surface area contributed by atoms with Gasteiger partial charge < -0.3 is 33.4 Å². The third kappa shape index (κ3) is 14.4. The van der Waals surface area contributed by atoms with Gasteiger partial charge in [0.1, 0.15) is 5.75 Å². The molecule has 0 aliphatic carbocycles. The summed E-state index contributed by atoms with van der Waals surface area (Å²) in [6.07, 6.45) is 1.61. The van der Waals surface area contributed by atoms with Crippen LogP contribution in [-0.4, -0.2) is 42.6 Å². The van der Waals surface area contributed by atoms with E-state index >= 15 is 0 Å². The summed E-state index contributed by atoms with van der Waals surface area (Å²) in [5.74, 6) is 0.0359. The molecule has 1 amide bonds. The van der Waals surface area contributed by atoms with Crippen LogP contribution in [-0.2, 0) is 4.79 Å². The summed E-state index contributed by atoms with van der Waals surface area (Å²) in [6.45, 7) is 3.28. The molecule has 0 saturated carbocycles. The molecule has 0 fully saturated rings. The van der Waals surface area contributed by atoms with Crippen molar-refractivity contribution in [3.8, 4) is 5.75 Å². The Labute approximate surface area is 136 Å². The smallest absolute Gasteiger partial charge is 0.231 e. The van der Waals surface area contributed by atoms with Gasteiger partial charge in [0.2, 0.25) is 5.91 Å². The lowest BCUT2D eigenvalue weighted by Crippen LogP contribution is -2.38. The largest absolute Gasteiger partial charge is 0.508 e. The molecule has 23 heavy (non-hydrogen) atoms. The lowest BCUT2D eigenvalue weighted by molar-refractivity contribution is -0.117. The Balaban J connectivity index is 0.000000502. The number of phenolic OH excluding ortho intramolecular Hbond substituents is 1. The van der Waals surface area contributed by atoms with Crippen LogP contribution < -0.4 is 28.3 Å². The molecule has 1 unspecified atom stereocenters. The predicted molar refractivity (Wildman–Crippen MR) is 92.8 cm³/mol. The monoisotopic (exact) mass is 324 g/mol. The van der Waals surface area contributed by atoms with Crippen molar-refractivity contribution in [2.24, 2.45) is 27.9 Å². The van der Waals surface area contributed by atoms with Crippen molar-refractivity contribution in [1.82, 2.24) is 5.32 Å². The fourth-order valence-corrected chi connectivity index (χ4v) is 1.59. The number of nitrogens with one attached hydrogen (secondary N) is 1. The van der Waals surface area contributed by atoms with Crippen molar-refractivity contribution in [3.63, 3.8) is 0 Å². The summed E-state index contributed by atoms with van der Waals surface area (Å²) < 4.78 is 0. The fraction of sp³-hybridized carbons (Fsp3) is 0.467. The standard InChI is InChI=1S/C8H20N6O.C7H8O/c9-6(4-13-5-7(10)15)2-1-3-14-8(11)12;1-6-2-4-7(8)5-3-6/h6,13H,1-5,9H2,(H2,10,15)(H4,11,12,14);2-5,8H,1H3. The van der Waals surface area contributed by atoms with Gasteiger partial charge in [-0.2, -0.15) is 0 Å². The van der Waals surface area contributed by atoms with Gasteiger partial charge in [-0.25, -0.2) is 0 Å². The number of phenols is 1. The molecule has 0 aliphatic heterocycles. The average molecular weight is 324 g/mol. The molecule has 8 heteroatoms. The molecule has 0 aliphatic rings. The molecule has 1 rings (SSSR count). The summed E-state index contributed by atoms with van der Waals surface area (Å²) >= 11 is 0. The summed E-state index contributed by atoms with van der Waals surface area (Å²) in [6, 6.07) is 7.08. The maximum absolute atomic E-state index is 10.4. The number of nitrogens with zero attached hydrogens (tertiary/aromatic N) is 1. The van der Waals surface area contributed by atoms with Crippen molar-refractivity contribution < 1.29 is 9.90 Å². The molecule has 0 aromatic heterocycles. The number of primary amides is 1. The van der Waals surface area contributed by atoms with Gasteiger partial charge in [0.05, 0.1) is 6.54 Å². The second kappa shape index (κ2) is 12.2. The van der Waals surface area contributed by atoms with E-state index in [-0.39, 0.29) is 24.5 Å². The molecule has 0 saturated heterocycles. The first-order valence-corrected chi connectivity index (χ1v) is 7.37. The number of guanidine groups is 1. The maximum atomic E-state index is 10.4. The van der Waals surface area contributed by atoms with Gasteiger partial charge in [0.15, 0.2) is 5.96 Å². The second-order valence-corrected chi connectivity index (χ2v) is 5.14. The van der Waals surface area contributed by atoms with E-state index in [2.05, 4.69) is 10.3 Å². The number of nitrogens with two attached hydrogens (primary N) is 4. The van der Waals surface area contributed by atoms with Crippen LogP contribution in [0.15, 0.2) is 29.3 Å². The maximum Gasteiger partial charge on any atom is 0.231 e. The average Bonchev–Trinajstić information content (AvgIpc) is 2.47. The van der Waals surface area contributed by atoms with E-state index in [1.54, 1.807) is 12.1 Å². The first kappa shape index (κ1) is 20.7. The molecule has 1 atom stereocenters. The van der Waals surface area contributed by atoms with Crippen LogP contribution in [0.5, 0.6) is 5.75 Å². The van der Waals surface area contributed by atoms with Gasteiger partial charge >= 0.3 is 0 Å². The number of hydrogen-bond donors (Lipinski definition) is 6. The molecular formula is C15H28N6O2. The highest BCUT2D eigenvalue weighted by atomic mass is 16.3. The fourth-order valence-electron chi connectivity index (χ4n) is 1.59. The van der Waals surface area contributed by atoms with Crippen LogP contribution in [0.1, 0.15) is 18.4 Å². The zero-order valence-corrected chi connectivity index (χ0v) is 13.5. The highest BCUT2D eigenvalue weighted by molar-refractivity contribution is 5.76. The van der Waals surface area contributed by atoms with E-state index in [9.17, 15) is 4.79 Å². The van der Waals surface area contributed by atoms with Crippen LogP contribution in [0.2, 0.25) is 0 Å². The second-order valence-electron chi connectivity index (χ2n) is 5.14. The lowest BCUT2D eigenvalue weighted by atomic mass is 10.1. The van der Waals surface area contributed by atoms with Crippen molar-refractivity contribution >= 4 is 11.9 Å². The highest BCUT2D eigenvalue weighted by Crippen LogP contribution is 2.07. The zero-order valence-electron chi connectivity index (χ0n) is 13.5. The van der Waals surface area contributed by atoms with Crippen LogP contribution in [0.25, 0.3) is 0 Å². The number of carbonyl (C=O) groups is 1. The van der Waals surface area contributed by atoms with Crippen LogP contribution in [0.4, 0.5) is 0 Å². The number of amides is 1. The summed E-state index contributed by atoms with van der Waals surface area (Å²) in [4.78, 5) is 14.2. The molecule has 10 N–H and O–H groups in total. The quantitative estimate of drug-likeness (QED) is 0.207. The van der Waals surface area contributed by atoms with Crippen molar-refractivity contribution in [2.75, 3.05) is 19.6 Å². The number of rotatable bonds is 8. The predicted octanol–water partition coefficient (Wildman–Crippen LogP) is -0.857. The number of aromatic hydroxyl groups is 1. The Hall–Kier alpha value is -2.32.